The van der Waals surface area contributed by atoms with Crippen LogP contribution in [0, 0.1) is 0 Å². The van der Waals surface area contributed by atoms with E-state index in [0.717, 1.165) is 37.9 Å². The van der Waals surface area contributed by atoms with Crippen LogP contribution >= 0.6 is 22.9 Å². The molecular formula is C26H21ClN4O2S2. The summed E-state index contributed by atoms with van der Waals surface area (Å²) in [7, 11) is -3.58. The smallest absolute Gasteiger partial charge is 0.243 e. The van der Waals surface area contributed by atoms with Crippen LogP contribution in [0.5, 0.6) is 0 Å². The van der Waals surface area contributed by atoms with Crippen molar-refractivity contribution >= 4 is 59.8 Å². The standard InChI is InChI=1S/C26H21ClN4O2S2/c27-21-8-5-19(6-9-21)23-16-34-26-24(23)25(28-17-29-26)30-11-13-31(14-12-30)35(32,33)22-10-7-18-3-1-2-4-20(18)15-22/h1-10,15-17H,11-14H2. The lowest BCUT2D eigenvalue weighted by molar-refractivity contribution is 0.384. The number of rotatable bonds is 4. The second-order valence-electron chi connectivity index (χ2n) is 8.43. The fraction of sp³-hybridized carbons (Fsp3) is 0.154. The predicted molar refractivity (Wildman–Crippen MR) is 143 cm³/mol. The van der Waals surface area contributed by atoms with E-state index in [1.165, 1.54) is 0 Å². The third-order valence-corrected chi connectivity index (χ3v) is 9.44. The number of aromatic nitrogens is 2. The van der Waals surface area contributed by atoms with Gasteiger partial charge < -0.3 is 4.90 Å². The molecule has 0 atom stereocenters. The molecule has 1 fully saturated rings. The van der Waals surface area contributed by atoms with Crippen LogP contribution in [0.25, 0.3) is 32.1 Å². The van der Waals surface area contributed by atoms with E-state index in [1.807, 2.05) is 54.6 Å². The van der Waals surface area contributed by atoms with Gasteiger partial charge in [-0.15, -0.1) is 11.3 Å². The molecule has 5 aromatic rings. The Morgan fingerprint density at radius 1 is 0.857 bits per heavy atom. The molecule has 1 saturated heterocycles. The SMILES string of the molecule is O=S(=O)(c1ccc2ccccc2c1)N1CCN(c2ncnc3scc(-c4ccc(Cl)cc4)c23)CC1. The maximum Gasteiger partial charge on any atom is 0.243 e. The zero-order chi connectivity index (χ0) is 24.0. The van der Waals surface area contributed by atoms with Crippen LogP contribution in [0.4, 0.5) is 5.82 Å². The summed E-state index contributed by atoms with van der Waals surface area (Å²) >= 11 is 7.66. The first kappa shape index (κ1) is 22.4. The van der Waals surface area contributed by atoms with Crippen molar-refractivity contribution in [3.8, 4) is 11.1 Å². The Hall–Kier alpha value is -3.04. The van der Waals surface area contributed by atoms with Gasteiger partial charge in [0.15, 0.2) is 0 Å². The zero-order valence-electron chi connectivity index (χ0n) is 18.6. The maximum absolute atomic E-state index is 13.4. The summed E-state index contributed by atoms with van der Waals surface area (Å²) < 4.78 is 28.3. The quantitative estimate of drug-likeness (QED) is 0.305. The molecule has 1 aliphatic heterocycles. The highest BCUT2D eigenvalue weighted by atomic mass is 35.5. The van der Waals surface area contributed by atoms with Gasteiger partial charge >= 0.3 is 0 Å². The summed E-state index contributed by atoms with van der Waals surface area (Å²) in [4.78, 5) is 12.5. The number of thiophene rings is 1. The van der Waals surface area contributed by atoms with E-state index in [4.69, 9.17) is 11.6 Å². The Kier molecular flexibility index (Phi) is 5.69. The number of nitrogens with zero attached hydrogens (tertiary/aromatic N) is 4. The monoisotopic (exact) mass is 520 g/mol. The van der Waals surface area contributed by atoms with Gasteiger partial charge in [0.25, 0.3) is 0 Å². The van der Waals surface area contributed by atoms with Crippen LogP contribution in [0.3, 0.4) is 0 Å². The molecule has 0 bridgehead atoms. The Labute approximate surface area is 212 Å². The van der Waals surface area contributed by atoms with Gasteiger partial charge in [0, 0.05) is 42.1 Å². The number of sulfonamides is 1. The molecular weight excluding hydrogens is 500 g/mol. The van der Waals surface area contributed by atoms with Gasteiger partial charge in [0.2, 0.25) is 10.0 Å². The lowest BCUT2D eigenvalue weighted by Crippen LogP contribution is -2.49. The normalized spacial score (nSPS) is 15.2. The third-order valence-electron chi connectivity index (χ3n) is 6.40. The average molecular weight is 521 g/mol. The van der Waals surface area contributed by atoms with Crippen LogP contribution < -0.4 is 4.90 Å². The van der Waals surface area contributed by atoms with Gasteiger partial charge in [-0.05, 0) is 40.6 Å². The highest BCUT2D eigenvalue weighted by molar-refractivity contribution is 7.89. The highest BCUT2D eigenvalue weighted by Gasteiger charge is 2.30. The van der Waals surface area contributed by atoms with Gasteiger partial charge in [-0.25, -0.2) is 18.4 Å². The summed E-state index contributed by atoms with van der Waals surface area (Å²) in [5.41, 5.74) is 2.11. The number of anilines is 1. The molecule has 0 spiro atoms. The van der Waals surface area contributed by atoms with E-state index >= 15 is 0 Å². The van der Waals surface area contributed by atoms with Crippen molar-refractivity contribution in [3.05, 3.63) is 83.5 Å². The fourth-order valence-corrected chi connectivity index (χ4v) is 7.05. The average Bonchev–Trinajstić information content (AvgIpc) is 3.33. The van der Waals surface area contributed by atoms with Crippen molar-refractivity contribution in [2.24, 2.45) is 0 Å². The zero-order valence-corrected chi connectivity index (χ0v) is 21.0. The van der Waals surface area contributed by atoms with Crippen LogP contribution in [0.15, 0.2) is 83.3 Å². The fourth-order valence-electron chi connectivity index (χ4n) is 4.56. The molecule has 0 amide bonds. The van der Waals surface area contributed by atoms with E-state index < -0.39 is 10.0 Å². The molecule has 3 aromatic carbocycles. The summed E-state index contributed by atoms with van der Waals surface area (Å²) in [6.07, 6.45) is 1.58. The molecule has 2 aromatic heterocycles. The van der Waals surface area contributed by atoms with Crippen molar-refractivity contribution in [2.45, 2.75) is 4.90 Å². The van der Waals surface area contributed by atoms with Crippen LogP contribution in [-0.4, -0.2) is 48.9 Å². The van der Waals surface area contributed by atoms with Gasteiger partial charge in [0.1, 0.15) is 17.0 Å². The van der Waals surface area contributed by atoms with Crippen LogP contribution in [0.2, 0.25) is 5.02 Å². The van der Waals surface area contributed by atoms with Crippen molar-refractivity contribution in [2.75, 3.05) is 31.1 Å². The second kappa shape index (κ2) is 8.87. The number of fused-ring (bicyclic) bond motifs is 2. The minimum atomic E-state index is -3.58. The van der Waals surface area contributed by atoms with Crippen molar-refractivity contribution < 1.29 is 8.42 Å². The lowest BCUT2D eigenvalue weighted by atomic mass is 10.1. The molecule has 0 saturated carbocycles. The topological polar surface area (TPSA) is 66.4 Å². The summed E-state index contributed by atoms with van der Waals surface area (Å²) in [5, 5.41) is 5.71. The summed E-state index contributed by atoms with van der Waals surface area (Å²) in [5.74, 6) is 0.837. The van der Waals surface area contributed by atoms with Gasteiger partial charge in [-0.1, -0.05) is 54.1 Å². The Bertz CT molecular complexity index is 1640. The summed E-state index contributed by atoms with van der Waals surface area (Å²) in [6, 6.07) is 20.8. The number of halogens is 1. The first-order valence-corrected chi connectivity index (χ1v) is 13.9. The molecule has 1 aliphatic rings. The van der Waals surface area contributed by atoms with Crippen molar-refractivity contribution in [3.63, 3.8) is 0 Å². The molecule has 0 N–H and O–H groups in total. The lowest BCUT2D eigenvalue weighted by Gasteiger charge is -2.35. The third kappa shape index (κ3) is 4.06. The minimum absolute atomic E-state index is 0.330. The molecule has 0 unspecified atom stereocenters. The molecule has 0 radical (unpaired) electrons. The highest BCUT2D eigenvalue weighted by Crippen LogP contribution is 2.38. The van der Waals surface area contributed by atoms with E-state index in [9.17, 15) is 8.42 Å². The van der Waals surface area contributed by atoms with Gasteiger partial charge in [0.05, 0.1) is 10.3 Å². The molecule has 176 valence electrons. The van der Waals surface area contributed by atoms with Gasteiger partial charge in [-0.3, -0.25) is 0 Å². The number of benzene rings is 3. The number of hydrogen-bond acceptors (Lipinski definition) is 6. The van der Waals surface area contributed by atoms with Crippen LogP contribution in [-0.2, 0) is 10.0 Å². The Morgan fingerprint density at radius 2 is 1.60 bits per heavy atom. The van der Waals surface area contributed by atoms with Crippen LogP contribution in [0.1, 0.15) is 0 Å². The molecule has 0 aliphatic carbocycles. The maximum atomic E-state index is 13.4. The molecule has 9 heteroatoms. The van der Waals surface area contributed by atoms with Crippen molar-refractivity contribution in [1.82, 2.24) is 14.3 Å². The van der Waals surface area contributed by atoms with E-state index in [-0.39, 0.29) is 0 Å². The van der Waals surface area contributed by atoms with E-state index in [0.29, 0.717) is 36.1 Å². The molecule has 6 rings (SSSR count). The second-order valence-corrected chi connectivity index (χ2v) is 11.7. The van der Waals surface area contributed by atoms with Gasteiger partial charge in [-0.2, -0.15) is 4.31 Å². The molecule has 3 heterocycles. The molecule has 35 heavy (non-hydrogen) atoms. The first-order chi connectivity index (χ1) is 17.0. The number of hydrogen-bond donors (Lipinski definition) is 0. The van der Waals surface area contributed by atoms with Crippen molar-refractivity contribution in [1.29, 1.82) is 0 Å². The van der Waals surface area contributed by atoms with E-state index in [1.54, 1.807) is 34.1 Å². The predicted octanol–water partition coefficient (Wildman–Crippen LogP) is 5.68. The number of piperazine rings is 1. The largest absolute Gasteiger partial charge is 0.353 e. The minimum Gasteiger partial charge on any atom is -0.353 e. The Balaban J connectivity index is 1.28. The first-order valence-electron chi connectivity index (χ1n) is 11.2. The molecule has 6 nitrogen and oxygen atoms in total. The van der Waals surface area contributed by atoms with E-state index in [2.05, 4.69) is 20.2 Å². The summed E-state index contributed by atoms with van der Waals surface area (Å²) in [6.45, 7) is 1.88. The Morgan fingerprint density at radius 3 is 2.37 bits per heavy atom.